The van der Waals surface area contributed by atoms with Crippen LogP contribution in [-0.2, 0) is 22.7 Å². The van der Waals surface area contributed by atoms with Crippen molar-refractivity contribution in [1.82, 2.24) is 9.88 Å². The first-order valence-electron chi connectivity index (χ1n) is 12.7. The van der Waals surface area contributed by atoms with E-state index in [0.29, 0.717) is 23.5 Å². The maximum Gasteiger partial charge on any atom is 0.295 e. The number of hydrogen-bond acceptors (Lipinski definition) is 7. The van der Waals surface area contributed by atoms with E-state index in [-0.39, 0.29) is 29.4 Å². The van der Waals surface area contributed by atoms with E-state index in [2.05, 4.69) is 4.98 Å². The maximum atomic E-state index is 13.3. The second-order valence-corrected chi connectivity index (χ2v) is 9.52. The minimum absolute atomic E-state index is 0.0601. The van der Waals surface area contributed by atoms with Crippen LogP contribution >= 0.6 is 0 Å². The topological polar surface area (TPSA) is 109 Å². The largest absolute Gasteiger partial charge is 0.507 e. The Morgan fingerprint density at radius 2 is 1.75 bits per heavy atom. The van der Waals surface area contributed by atoms with Gasteiger partial charge in [-0.1, -0.05) is 42.0 Å². The van der Waals surface area contributed by atoms with Crippen molar-refractivity contribution in [1.29, 1.82) is 0 Å². The number of aliphatic hydroxyl groups excluding tert-OH is 1. The molecule has 0 saturated carbocycles. The number of benzene rings is 3. The molecule has 0 aliphatic carbocycles. The lowest BCUT2D eigenvalue weighted by Crippen LogP contribution is -2.29. The summed E-state index contributed by atoms with van der Waals surface area (Å²) in [5.41, 5.74) is 3.69. The van der Waals surface area contributed by atoms with E-state index >= 15 is 0 Å². The van der Waals surface area contributed by atoms with E-state index in [4.69, 9.17) is 9.47 Å². The molecule has 2 N–H and O–H groups in total. The molecule has 1 aliphatic heterocycles. The molecule has 1 atom stereocenters. The number of carbonyl (C=O) groups is 2. The smallest absolute Gasteiger partial charge is 0.295 e. The van der Waals surface area contributed by atoms with Crippen LogP contribution in [0, 0.1) is 6.92 Å². The lowest BCUT2D eigenvalue weighted by Gasteiger charge is -2.25. The van der Waals surface area contributed by atoms with Gasteiger partial charge < -0.3 is 24.6 Å². The van der Waals surface area contributed by atoms with E-state index in [9.17, 15) is 19.8 Å². The molecule has 40 heavy (non-hydrogen) atoms. The van der Waals surface area contributed by atoms with Crippen molar-refractivity contribution in [3.8, 4) is 17.2 Å². The van der Waals surface area contributed by atoms with Gasteiger partial charge in [-0.2, -0.15) is 0 Å². The van der Waals surface area contributed by atoms with Gasteiger partial charge >= 0.3 is 0 Å². The van der Waals surface area contributed by atoms with Gasteiger partial charge in [0.05, 0.1) is 18.7 Å². The van der Waals surface area contributed by atoms with Crippen LogP contribution in [-0.4, -0.2) is 38.9 Å². The number of methoxy groups -OCH3 is 1. The molecule has 5 rings (SSSR count). The van der Waals surface area contributed by atoms with Crippen LogP contribution in [0.15, 0.2) is 96.8 Å². The Kier molecular flexibility index (Phi) is 7.50. The number of pyridine rings is 1. The number of Topliss-reactive ketones (excluding diaryl/α,β-unsaturated/α-hetero) is 1. The zero-order chi connectivity index (χ0) is 28.2. The number of aromatic nitrogens is 1. The number of phenolic OH excluding ortho intramolecular Hbond substituents is 1. The zero-order valence-corrected chi connectivity index (χ0v) is 22.1. The fourth-order valence-electron chi connectivity index (χ4n) is 4.78. The summed E-state index contributed by atoms with van der Waals surface area (Å²) in [5, 5.41) is 21.5. The predicted octanol–water partition coefficient (Wildman–Crippen LogP) is 5.31. The molecule has 8 heteroatoms. The van der Waals surface area contributed by atoms with Crippen molar-refractivity contribution in [3.63, 3.8) is 0 Å². The van der Waals surface area contributed by atoms with Crippen LogP contribution in [0.2, 0.25) is 0 Å². The number of likely N-dealkylation sites (tertiary alicyclic amines) is 1. The highest BCUT2D eigenvalue weighted by Crippen LogP contribution is 2.42. The van der Waals surface area contributed by atoms with Crippen molar-refractivity contribution in [2.75, 3.05) is 7.11 Å². The van der Waals surface area contributed by atoms with Gasteiger partial charge in [-0.3, -0.25) is 14.6 Å². The predicted molar refractivity (Wildman–Crippen MR) is 149 cm³/mol. The molecular formula is C32H28N2O6. The molecule has 1 aliphatic rings. The molecule has 1 aromatic heterocycles. The molecular weight excluding hydrogens is 508 g/mol. The second kappa shape index (κ2) is 11.3. The van der Waals surface area contributed by atoms with E-state index in [0.717, 1.165) is 16.7 Å². The third-order valence-electron chi connectivity index (χ3n) is 6.75. The van der Waals surface area contributed by atoms with E-state index < -0.39 is 17.7 Å². The zero-order valence-electron chi connectivity index (χ0n) is 22.1. The number of ketones is 1. The molecule has 4 aromatic rings. The highest BCUT2D eigenvalue weighted by atomic mass is 16.5. The molecule has 0 radical (unpaired) electrons. The van der Waals surface area contributed by atoms with E-state index in [1.54, 1.807) is 60.9 Å². The molecule has 202 valence electrons. The van der Waals surface area contributed by atoms with E-state index in [1.807, 2.05) is 31.2 Å². The quantitative estimate of drug-likeness (QED) is 0.179. The van der Waals surface area contributed by atoms with Gasteiger partial charge in [0.1, 0.15) is 18.1 Å². The average molecular weight is 537 g/mol. The summed E-state index contributed by atoms with van der Waals surface area (Å²) in [4.78, 5) is 32.1. The van der Waals surface area contributed by atoms with Crippen LogP contribution in [0.5, 0.6) is 17.2 Å². The number of aliphatic hydroxyl groups is 1. The molecule has 0 bridgehead atoms. The van der Waals surface area contributed by atoms with Gasteiger partial charge in [0.15, 0.2) is 11.5 Å². The Hall–Kier alpha value is -5.11. The lowest BCUT2D eigenvalue weighted by atomic mass is 9.95. The van der Waals surface area contributed by atoms with Crippen LogP contribution in [0.1, 0.15) is 33.9 Å². The van der Waals surface area contributed by atoms with Crippen molar-refractivity contribution >= 4 is 17.4 Å². The Labute approximate surface area is 231 Å². The Morgan fingerprint density at radius 1 is 0.975 bits per heavy atom. The number of aromatic hydroxyl groups is 1. The summed E-state index contributed by atoms with van der Waals surface area (Å²) in [7, 11) is 1.41. The monoisotopic (exact) mass is 536 g/mol. The molecule has 0 spiro atoms. The number of phenols is 1. The van der Waals surface area contributed by atoms with Crippen LogP contribution in [0.25, 0.3) is 5.76 Å². The molecule has 1 fully saturated rings. The molecule has 1 saturated heterocycles. The fourth-order valence-corrected chi connectivity index (χ4v) is 4.78. The van der Waals surface area contributed by atoms with Gasteiger partial charge in [-0.15, -0.1) is 0 Å². The summed E-state index contributed by atoms with van der Waals surface area (Å²) in [5.74, 6) is -1.18. The van der Waals surface area contributed by atoms with Gasteiger partial charge in [0, 0.05) is 24.5 Å². The minimum atomic E-state index is -0.924. The maximum absolute atomic E-state index is 13.3. The molecule has 0 unspecified atom stereocenters. The number of carbonyl (C=O) groups excluding carboxylic acids is 2. The number of nitrogens with zero attached hydrogens (tertiary/aromatic N) is 2. The van der Waals surface area contributed by atoms with E-state index in [1.165, 1.54) is 18.1 Å². The summed E-state index contributed by atoms with van der Waals surface area (Å²) in [6.45, 7) is 2.49. The van der Waals surface area contributed by atoms with Gasteiger partial charge in [-0.25, -0.2) is 0 Å². The molecule has 1 amide bonds. The lowest BCUT2D eigenvalue weighted by molar-refractivity contribution is -0.140. The summed E-state index contributed by atoms with van der Waals surface area (Å²) in [6, 6.07) is 21.9. The highest BCUT2D eigenvalue weighted by molar-refractivity contribution is 6.46. The summed E-state index contributed by atoms with van der Waals surface area (Å²) >= 11 is 0. The normalized spacial score (nSPS) is 16.2. The third-order valence-corrected chi connectivity index (χ3v) is 6.75. The van der Waals surface area contributed by atoms with Gasteiger partial charge in [0.25, 0.3) is 11.7 Å². The SMILES string of the molecule is COc1cc([C@H]2C(=C(O)c3ccc(OCc4cccc(C)c4)cc3)C(=O)C(=O)N2Cc2cccnc2)ccc1O. The Balaban J connectivity index is 1.50. The fraction of sp³-hybridized carbons (Fsp3) is 0.156. The highest BCUT2D eigenvalue weighted by Gasteiger charge is 2.46. The van der Waals surface area contributed by atoms with Crippen molar-refractivity contribution in [2.24, 2.45) is 0 Å². The molecule has 8 nitrogen and oxygen atoms in total. The Morgan fingerprint density at radius 3 is 2.45 bits per heavy atom. The summed E-state index contributed by atoms with van der Waals surface area (Å²) in [6.07, 6.45) is 3.23. The number of rotatable bonds is 8. The first-order valence-corrected chi connectivity index (χ1v) is 12.7. The van der Waals surface area contributed by atoms with Crippen molar-refractivity contribution in [3.05, 3.63) is 125 Å². The van der Waals surface area contributed by atoms with Crippen molar-refractivity contribution in [2.45, 2.75) is 26.1 Å². The first kappa shape index (κ1) is 26.5. The minimum Gasteiger partial charge on any atom is -0.507 e. The molecule has 3 aromatic carbocycles. The van der Waals surface area contributed by atoms with Crippen LogP contribution in [0.3, 0.4) is 0 Å². The van der Waals surface area contributed by atoms with Gasteiger partial charge in [-0.05, 0) is 66.1 Å². The number of hydrogen-bond donors (Lipinski definition) is 2. The average Bonchev–Trinajstić information content (AvgIpc) is 3.22. The first-order chi connectivity index (χ1) is 19.4. The summed E-state index contributed by atoms with van der Waals surface area (Å²) < 4.78 is 11.2. The third kappa shape index (κ3) is 5.37. The van der Waals surface area contributed by atoms with Crippen molar-refractivity contribution < 1.29 is 29.3 Å². The number of aryl methyl sites for hydroxylation is 1. The van der Waals surface area contributed by atoms with Crippen LogP contribution in [0.4, 0.5) is 0 Å². The van der Waals surface area contributed by atoms with Gasteiger partial charge in [0.2, 0.25) is 0 Å². The molecule has 2 heterocycles. The number of amides is 1. The standard InChI is InChI=1S/C32H28N2O6/c1-20-5-3-6-21(15-20)19-40-25-11-8-23(9-12-25)30(36)28-29(24-10-13-26(35)27(16-24)39-2)34(32(38)31(28)37)18-22-7-4-14-33-17-22/h3-17,29,35-36H,18-19H2,1-2H3/t29-/m0/s1. The van der Waals surface area contributed by atoms with Crippen LogP contribution < -0.4 is 9.47 Å². The number of ether oxygens (including phenoxy) is 2. The Bertz CT molecular complexity index is 1580. The second-order valence-electron chi connectivity index (χ2n) is 9.52.